The molecule has 84 valence electrons. The van der Waals surface area contributed by atoms with E-state index in [-0.39, 0.29) is 0 Å². The highest BCUT2D eigenvalue weighted by Crippen LogP contribution is 2.29. The summed E-state index contributed by atoms with van der Waals surface area (Å²) in [4.78, 5) is 13.4. The minimum absolute atomic E-state index is 0.786. The first-order valence-corrected chi connectivity index (χ1v) is 6.20. The Balaban J connectivity index is 2.07. The topological polar surface area (TPSA) is 38.2 Å². The van der Waals surface area contributed by atoms with Crippen molar-refractivity contribution in [3.63, 3.8) is 0 Å². The molecule has 0 atom stereocenters. The summed E-state index contributed by atoms with van der Waals surface area (Å²) >= 11 is 1.72. The summed E-state index contributed by atoms with van der Waals surface area (Å²) in [5.74, 6) is 1.05. The average Bonchev–Trinajstić information content (AvgIpc) is 2.70. The number of aromatic nitrogens is 2. The Labute approximate surface area is 97.9 Å². The molecule has 0 N–H and O–H groups in total. The van der Waals surface area contributed by atoms with Crippen molar-refractivity contribution in [2.24, 2.45) is 0 Å². The maximum atomic E-state index is 5.36. The summed E-state index contributed by atoms with van der Waals surface area (Å²) in [5.41, 5.74) is 0. The van der Waals surface area contributed by atoms with Crippen molar-refractivity contribution in [1.82, 2.24) is 9.97 Å². The summed E-state index contributed by atoms with van der Waals surface area (Å²) < 4.78 is 5.36. The number of hydrogen-bond acceptors (Lipinski definition) is 5. The third-order valence-corrected chi connectivity index (χ3v) is 3.70. The summed E-state index contributed by atoms with van der Waals surface area (Å²) in [6.07, 6.45) is 1.66. The largest absolute Gasteiger partial charge is 0.378 e. The van der Waals surface area contributed by atoms with Gasteiger partial charge in [-0.1, -0.05) is 0 Å². The SMILES string of the molecule is Cc1cc2c(N3CCOCC3)ncnc2s1. The fourth-order valence-electron chi connectivity index (χ4n) is 1.99. The van der Waals surface area contributed by atoms with Gasteiger partial charge in [0.15, 0.2) is 0 Å². The molecule has 0 aromatic carbocycles. The smallest absolute Gasteiger partial charge is 0.140 e. The number of morpholine rings is 1. The fraction of sp³-hybridized carbons (Fsp3) is 0.455. The lowest BCUT2D eigenvalue weighted by Crippen LogP contribution is -2.36. The Morgan fingerprint density at radius 3 is 2.94 bits per heavy atom. The lowest BCUT2D eigenvalue weighted by molar-refractivity contribution is 0.122. The van der Waals surface area contributed by atoms with Gasteiger partial charge < -0.3 is 9.64 Å². The molecule has 2 aromatic heterocycles. The predicted molar refractivity (Wildman–Crippen MR) is 65.2 cm³/mol. The molecule has 0 aliphatic carbocycles. The first-order chi connectivity index (χ1) is 7.84. The molecule has 1 aliphatic heterocycles. The van der Waals surface area contributed by atoms with Crippen LogP contribution in [0, 0.1) is 6.92 Å². The van der Waals surface area contributed by atoms with Crippen molar-refractivity contribution >= 4 is 27.4 Å². The number of anilines is 1. The third-order valence-electron chi connectivity index (χ3n) is 2.74. The van der Waals surface area contributed by atoms with E-state index in [4.69, 9.17) is 4.74 Å². The number of thiophene rings is 1. The van der Waals surface area contributed by atoms with Crippen LogP contribution in [0.2, 0.25) is 0 Å². The van der Waals surface area contributed by atoms with E-state index in [9.17, 15) is 0 Å². The zero-order chi connectivity index (χ0) is 11.0. The normalized spacial score (nSPS) is 16.9. The van der Waals surface area contributed by atoms with Crippen molar-refractivity contribution < 1.29 is 4.74 Å². The van der Waals surface area contributed by atoms with Gasteiger partial charge in [0, 0.05) is 18.0 Å². The van der Waals surface area contributed by atoms with Crippen LogP contribution in [0.4, 0.5) is 5.82 Å². The molecule has 1 fully saturated rings. The standard InChI is InChI=1S/C11H13N3OS/c1-8-6-9-10(12-7-13-11(9)16-8)14-2-4-15-5-3-14/h6-7H,2-5H2,1H3. The highest BCUT2D eigenvalue weighted by atomic mass is 32.1. The molecule has 0 unspecified atom stereocenters. The predicted octanol–water partition coefficient (Wildman–Crippen LogP) is 1.84. The molecule has 3 rings (SSSR count). The highest BCUT2D eigenvalue weighted by Gasteiger charge is 2.16. The summed E-state index contributed by atoms with van der Waals surface area (Å²) in [6.45, 7) is 5.51. The van der Waals surface area contributed by atoms with Crippen molar-refractivity contribution in [2.45, 2.75) is 6.92 Å². The quantitative estimate of drug-likeness (QED) is 0.756. The van der Waals surface area contributed by atoms with E-state index in [1.807, 2.05) is 0 Å². The Bertz CT molecular complexity index is 505. The van der Waals surface area contributed by atoms with Crippen LogP contribution in [0.15, 0.2) is 12.4 Å². The number of nitrogens with zero attached hydrogens (tertiary/aromatic N) is 3. The maximum Gasteiger partial charge on any atom is 0.140 e. The molecule has 2 aromatic rings. The van der Waals surface area contributed by atoms with Gasteiger partial charge in [-0.05, 0) is 13.0 Å². The molecular formula is C11H13N3OS. The van der Waals surface area contributed by atoms with Gasteiger partial charge in [-0.3, -0.25) is 0 Å². The number of ether oxygens (including phenoxy) is 1. The lowest BCUT2D eigenvalue weighted by atomic mass is 10.3. The van der Waals surface area contributed by atoms with Crippen molar-refractivity contribution in [3.05, 3.63) is 17.3 Å². The molecule has 1 saturated heterocycles. The van der Waals surface area contributed by atoms with E-state index in [1.165, 1.54) is 10.3 Å². The van der Waals surface area contributed by atoms with Crippen LogP contribution in [-0.4, -0.2) is 36.3 Å². The Kier molecular flexibility index (Phi) is 2.49. The number of fused-ring (bicyclic) bond motifs is 1. The number of rotatable bonds is 1. The van der Waals surface area contributed by atoms with Crippen LogP contribution in [0.3, 0.4) is 0 Å². The molecular weight excluding hydrogens is 222 g/mol. The van der Waals surface area contributed by atoms with E-state index >= 15 is 0 Å². The van der Waals surface area contributed by atoms with E-state index in [1.54, 1.807) is 17.7 Å². The van der Waals surface area contributed by atoms with Crippen LogP contribution in [-0.2, 0) is 4.74 Å². The van der Waals surface area contributed by atoms with Gasteiger partial charge in [0.25, 0.3) is 0 Å². The number of aryl methyl sites for hydroxylation is 1. The summed E-state index contributed by atoms with van der Waals surface area (Å²) in [7, 11) is 0. The Morgan fingerprint density at radius 1 is 1.31 bits per heavy atom. The second kappa shape index (κ2) is 3.99. The summed E-state index contributed by atoms with van der Waals surface area (Å²) in [6, 6.07) is 2.17. The first kappa shape index (κ1) is 9.99. The van der Waals surface area contributed by atoms with Gasteiger partial charge in [0.05, 0.1) is 18.6 Å². The molecule has 3 heterocycles. The van der Waals surface area contributed by atoms with E-state index in [2.05, 4.69) is 27.9 Å². The lowest BCUT2D eigenvalue weighted by Gasteiger charge is -2.28. The van der Waals surface area contributed by atoms with Crippen molar-refractivity contribution in [3.8, 4) is 0 Å². The van der Waals surface area contributed by atoms with Gasteiger partial charge in [0.1, 0.15) is 17.0 Å². The zero-order valence-electron chi connectivity index (χ0n) is 9.14. The molecule has 0 bridgehead atoms. The van der Waals surface area contributed by atoms with E-state index in [0.717, 1.165) is 37.0 Å². The van der Waals surface area contributed by atoms with Gasteiger partial charge in [-0.25, -0.2) is 9.97 Å². The minimum Gasteiger partial charge on any atom is -0.378 e. The van der Waals surface area contributed by atoms with Gasteiger partial charge in [0.2, 0.25) is 0 Å². The highest BCUT2D eigenvalue weighted by molar-refractivity contribution is 7.18. The van der Waals surface area contributed by atoms with Crippen molar-refractivity contribution in [1.29, 1.82) is 0 Å². The van der Waals surface area contributed by atoms with Crippen molar-refractivity contribution in [2.75, 3.05) is 31.2 Å². The monoisotopic (exact) mass is 235 g/mol. The van der Waals surface area contributed by atoms with Crippen LogP contribution >= 0.6 is 11.3 Å². The van der Waals surface area contributed by atoms with Gasteiger partial charge in [-0.15, -0.1) is 11.3 Å². The molecule has 4 nitrogen and oxygen atoms in total. The molecule has 5 heteroatoms. The molecule has 0 saturated carbocycles. The van der Waals surface area contributed by atoms with Crippen LogP contribution in [0.1, 0.15) is 4.88 Å². The summed E-state index contributed by atoms with van der Waals surface area (Å²) in [5, 5.41) is 1.17. The second-order valence-corrected chi connectivity index (χ2v) is 5.11. The first-order valence-electron chi connectivity index (χ1n) is 5.38. The zero-order valence-corrected chi connectivity index (χ0v) is 9.96. The second-order valence-electron chi connectivity index (χ2n) is 3.87. The molecule has 16 heavy (non-hydrogen) atoms. The van der Waals surface area contributed by atoms with E-state index < -0.39 is 0 Å². The van der Waals surface area contributed by atoms with Gasteiger partial charge in [-0.2, -0.15) is 0 Å². The van der Waals surface area contributed by atoms with Crippen LogP contribution in [0.5, 0.6) is 0 Å². The fourth-order valence-corrected chi connectivity index (χ4v) is 2.83. The maximum absolute atomic E-state index is 5.36. The molecule has 0 spiro atoms. The molecule has 0 radical (unpaired) electrons. The molecule has 0 amide bonds. The minimum atomic E-state index is 0.786. The Morgan fingerprint density at radius 2 is 2.12 bits per heavy atom. The van der Waals surface area contributed by atoms with Crippen LogP contribution in [0.25, 0.3) is 10.2 Å². The molecule has 1 aliphatic rings. The number of hydrogen-bond donors (Lipinski definition) is 0. The van der Waals surface area contributed by atoms with Crippen LogP contribution < -0.4 is 4.90 Å². The average molecular weight is 235 g/mol. The third kappa shape index (κ3) is 1.66. The Hall–Kier alpha value is -1.20. The van der Waals surface area contributed by atoms with E-state index in [0.29, 0.717) is 0 Å². The van der Waals surface area contributed by atoms with Gasteiger partial charge >= 0.3 is 0 Å².